The van der Waals surface area contributed by atoms with Gasteiger partial charge >= 0.3 is 0 Å². The van der Waals surface area contributed by atoms with Crippen molar-refractivity contribution in [3.05, 3.63) is 46.8 Å². The van der Waals surface area contributed by atoms with E-state index in [2.05, 4.69) is 55.1 Å². The fourth-order valence-electron chi connectivity index (χ4n) is 4.02. The molecule has 1 aromatic heterocycles. The predicted octanol–water partition coefficient (Wildman–Crippen LogP) is 2.48. The van der Waals surface area contributed by atoms with E-state index < -0.39 is 0 Å². The number of piperazine rings is 1. The third-order valence-corrected chi connectivity index (χ3v) is 6.05. The normalized spacial score (nSPS) is 16.7. The van der Waals surface area contributed by atoms with E-state index in [-0.39, 0.29) is 11.9 Å². The first-order valence-electron chi connectivity index (χ1n) is 10.7. The van der Waals surface area contributed by atoms with Crippen LogP contribution in [0.1, 0.15) is 35.9 Å². The lowest BCUT2D eigenvalue weighted by Crippen LogP contribution is -2.50. The number of hydrogen-bond donors (Lipinski definition) is 1. The minimum Gasteiger partial charge on any atom is -0.352 e. The van der Waals surface area contributed by atoms with Crippen LogP contribution in [0.25, 0.3) is 5.69 Å². The van der Waals surface area contributed by atoms with Crippen LogP contribution in [0.2, 0.25) is 0 Å². The van der Waals surface area contributed by atoms with E-state index in [1.165, 1.54) is 5.56 Å². The standard InChI is InChI=1S/C23H35N5O/c1-6-20(16-27-13-11-26(5)12-14-27)24-23(29)15-21-18(3)25-28(19(21)4)22-10-8-7-9-17(22)2/h7-10,20H,6,11-16H2,1-5H3,(H,24,29)/t20-/m1/s1. The van der Waals surface area contributed by atoms with E-state index in [1.54, 1.807) is 0 Å². The van der Waals surface area contributed by atoms with Gasteiger partial charge in [-0.2, -0.15) is 5.10 Å². The molecule has 0 spiro atoms. The molecule has 0 saturated carbocycles. The molecule has 0 bridgehead atoms. The first-order chi connectivity index (χ1) is 13.9. The number of rotatable bonds is 7. The zero-order valence-electron chi connectivity index (χ0n) is 18.5. The molecule has 1 atom stereocenters. The highest BCUT2D eigenvalue weighted by molar-refractivity contribution is 5.79. The third kappa shape index (κ3) is 5.25. The van der Waals surface area contributed by atoms with Crippen molar-refractivity contribution >= 4 is 5.91 Å². The Balaban J connectivity index is 1.65. The van der Waals surface area contributed by atoms with Gasteiger partial charge in [-0.05, 0) is 45.9 Å². The zero-order valence-corrected chi connectivity index (χ0v) is 18.5. The molecule has 1 N–H and O–H groups in total. The topological polar surface area (TPSA) is 53.4 Å². The van der Waals surface area contributed by atoms with Crippen LogP contribution in [0.3, 0.4) is 0 Å². The number of aromatic nitrogens is 2. The summed E-state index contributed by atoms with van der Waals surface area (Å²) in [6.45, 7) is 13.5. The number of nitrogens with one attached hydrogen (secondary N) is 1. The second-order valence-electron chi connectivity index (χ2n) is 8.30. The van der Waals surface area contributed by atoms with Gasteiger partial charge in [0.05, 0.1) is 17.8 Å². The number of para-hydroxylation sites is 1. The molecule has 6 heteroatoms. The molecular formula is C23H35N5O. The van der Waals surface area contributed by atoms with Gasteiger partial charge in [0.2, 0.25) is 5.91 Å². The van der Waals surface area contributed by atoms with Crippen LogP contribution >= 0.6 is 0 Å². The maximum absolute atomic E-state index is 12.8. The van der Waals surface area contributed by atoms with E-state index in [0.29, 0.717) is 6.42 Å². The number of carbonyl (C=O) groups excluding carboxylic acids is 1. The fourth-order valence-corrected chi connectivity index (χ4v) is 4.02. The summed E-state index contributed by atoms with van der Waals surface area (Å²) in [6, 6.07) is 8.40. The molecule has 0 radical (unpaired) electrons. The summed E-state index contributed by atoms with van der Waals surface area (Å²) in [5.74, 6) is 0.0847. The quantitative estimate of drug-likeness (QED) is 0.780. The van der Waals surface area contributed by atoms with Crippen LogP contribution in [-0.4, -0.2) is 71.3 Å². The van der Waals surface area contributed by atoms with E-state index in [1.807, 2.05) is 23.7 Å². The Labute approximate surface area is 174 Å². The van der Waals surface area contributed by atoms with Gasteiger partial charge in [0.1, 0.15) is 0 Å². The Morgan fingerprint density at radius 2 is 1.83 bits per heavy atom. The van der Waals surface area contributed by atoms with Gasteiger partial charge in [-0.1, -0.05) is 25.1 Å². The Hall–Kier alpha value is -2.18. The van der Waals surface area contributed by atoms with Crippen molar-refractivity contribution in [3.63, 3.8) is 0 Å². The summed E-state index contributed by atoms with van der Waals surface area (Å²) >= 11 is 0. The lowest BCUT2D eigenvalue weighted by molar-refractivity contribution is -0.121. The lowest BCUT2D eigenvalue weighted by Gasteiger charge is -2.34. The van der Waals surface area contributed by atoms with Crippen LogP contribution in [0, 0.1) is 20.8 Å². The molecule has 2 aromatic rings. The second kappa shape index (κ2) is 9.55. The smallest absolute Gasteiger partial charge is 0.224 e. The monoisotopic (exact) mass is 397 g/mol. The van der Waals surface area contributed by atoms with Crippen LogP contribution in [-0.2, 0) is 11.2 Å². The summed E-state index contributed by atoms with van der Waals surface area (Å²) in [4.78, 5) is 17.6. The molecule has 6 nitrogen and oxygen atoms in total. The second-order valence-corrected chi connectivity index (χ2v) is 8.30. The molecule has 1 fully saturated rings. The summed E-state index contributed by atoms with van der Waals surface area (Å²) in [6.07, 6.45) is 1.32. The minimum absolute atomic E-state index is 0.0847. The molecule has 0 aliphatic carbocycles. The van der Waals surface area contributed by atoms with Gasteiger partial charge < -0.3 is 10.2 Å². The van der Waals surface area contributed by atoms with E-state index in [4.69, 9.17) is 5.10 Å². The molecule has 1 aliphatic heterocycles. The molecule has 158 valence electrons. The number of hydrogen-bond acceptors (Lipinski definition) is 4. The lowest BCUT2D eigenvalue weighted by atomic mass is 10.1. The van der Waals surface area contributed by atoms with Crippen molar-refractivity contribution in [1.29, 1.82) is 0 Å². The van der Waals surface area contributed by atoms with Crippen molar-refractivity contribution in [3.8, 4) is 5.69 Å². The van der Waals surface area contributed by atoms with Gasteiger partial charge in [-0.15, -0.1) is 0 Å². The highest BCUT2D eigenvalue weighted by Crippen LogP contribution is 2.21. The van der Waals surface area contributed by atoms with Crippen molar-refractivity contribution in [2.45, 2.75) is 46.6 Å². The Morgan fingerprint density at radius 1 is 1.14 bits per heavy atom. The molecule has 1 aromatic carbocycles. The van der Waals surface area contributed by atoms with Crippen LogP contribution in [0.4, 0.5) is 0 Å². The van der Waals surface area contributed by atoms with Crippen LogP contribution < -0.4 is 5.32 Å². The molecule has 0 unspecified atom stereocenters. The highest BCUT2D eigenvalue weighted by Gasteiger charge is 2.21. The Bertz CT molecular complexity index is 836. The van der Waals surface area contributed by atoms with Gasteiger partial charge in [0, 0.05) is 50.0 Å². The third-order valence-electron chi connectivity index (χ3n) is 6.05. The van der Waals surface area contributed by atoms with Gasteiger partial charge in [-0.25, -0.2) is 4.68 Å². The molecule has 1 saturated heterocycles. The molecule has 1 aliphatic rings. The molecule has 2 heterocycles. The average Bonchev–Trinajstić information content (AvgIpc) is 2.97. The number of nitrogens with zero attached hydrogens (tertiary/aromatic N) is 4. The van der Waals surface area contributed by atoms with Gasteiger partial charge in [-0.3, -0.25) is 9.69 Å². The molecule has 3 rings (SSSR count). The summed E-state index contributed by atoms with van der Waals surface area (Å²) in [5, 5.41) is 7.98. The Morgan fingerprint density at radius 3 is 2.48 bits per heavy atom. The van der Waals surface area contributed by atoms with Gasteiger partial charge in [0.15, 0.2) is 0 Å². The number of carbonyl (C=O) groups is 1. The number of aryl methyl sites for hydroxylation is 2. The zero-order chi connectivity index (χ0) is 21.0. The SMILES string of the molecule is CC[C@H](CN1CCN(C)CC1)NC(=O)Cc1c(C)nn(-c2ccccc2C)c1C. The fraction of sp³-hybridized carbons (Fsp3) is 0.565. The summed E-state index contributed by atoms with van der Waals surface area (Å²) < 4.78 is 1.97. The maximum atomic E-state index is 12.8. The number of likely N-dealkylation sites (N-methyl/N-ethyl adjacent to an activating group) is 1. The minimum atomic E-state index is 0.0847. The Kier molecular flexibility index (Phi) is 7.09. The number of amides is 1. The van der Waals surface area contributed by atoms with Crippen molar-refractivity contribution in [2.24, 2.45) is 0 Å². The van der Waals surface area contributed by atoms with Crippen LogP contribution in [0.5, 0.6) is 0 Å². The van der Waals surface area contributed by atoms with Crippen LogP contribution in [0.15, 0.2) is 24.3 Å². The van der Waals surface area contributed by atoms with E-state index in [9.17, 15) is 4.79 Å². The maximum Gasteiger partial charge on any atom is 0.224 e. The van der Waals surface area contributed by atoms with Crippen molar-refractivity contribution in [1.82, 2.24) is 24.9 Å². The highest BCUT2D eigenvalue weighted by atomic mass is 16.1. The van der Waals surface area contributed by atoms with E-state index >= 15 is 0 Å². The van der Waals surface area contributed by atoms with E-state index in [0.717, 1.165) is 61.8 Å². The van der Waals surface area contributed by atoms with Crippen molar-refractivity contribution < 1.29 is 4.79 Å². The first kappa shape index (κ1) is 21.5. The first-order valence-corrected chi connectivity index (χ1v) is 10.7. The van der Waals surface area contributed by atoms with Crippen molar-refractivity contribution in [2.75, 3.05) is 39.8 Å². The molecular weight excluding hydrogens is 362 g/mol. The predicted molar refractivity (Wildman–Crippen MR) is 118 cm³/mol. The summed E-state index contributed by atoms with van der Waals surface area (Å²) in [5.41, 5.74) is 5.24. The summed E-state index contributed by atoms with van der Waals surface area (Å²) in [7, 11) is 2.16. The van der Waals surface area contributed by atoms with Gasteiger partial charge in [0.25, 0.3) is 0 Å². The number of benzene rings is 1. The molecule has 29 heavy (non-hydrogen) atoms. The average molecular weight is 398 g/mol. The molecule has 1 amide bonds. The largest absolute Gasteiger partial charge is 0.352 e.